The van der Waals surface area contributed by atoms with Gasteiger partial charge in [-0.1, -0.05) is 6.07 Å². The molecule has 0 saturated carbocycles. The Morgan fingerprint density at radius 1 is 1.36 bits per heavy atom. The van der Waals surface area contributed by atoms with Gasteiger partial charge in [0.25, 0.3) is 5.91 Å². The number of hydrogen-bond acceptors (Lipinski definition) is 4. The summed E-state index contributed by atoms with van der Waals surface area (Å²) in [5, 5.41) is 0. The SMILES string of the molecule is CCN(C(=O)c1c(C)cc(C)cc1OC)C1CCS(=O)(=O)C1. The van der Waals surface area contributed by atoms with Gasteiger partial charge in [-0.25, -0.2) is 8.42 Å². The van der Waals surface area contributed by atoms with Gasteiger partial charge >= 0.3 is 0 Å². The number of amides is 1. The van der Waals surface area contributed by atoms with E-state index in [2.05, 4.69) is 0 Å². The molecule has 0 N–H and O–H groups in total. The normalized spacial score (nSPS) is 19.9. The van der Waals surface area contributed by atoms with Gasteiger partial charge < -0.3 is 9.64 Å². The Balaban J connectivity index is 2.38. The number of nitrogens with zero attached hydrogens (tertiary/aromatic N) is 1. The van der Waals surface area contributed by atoms with Crippen molar-refractivity contribution in [3.8, 4) is 5.75 Å². The van der Waals surface area contributed by atoms with Gasteiger partial charge in [0.2, 0.25) is 0 Å². The molecule has 0 bridgehead atoms. The zero-order valence-corrected chi connectivity index (χ0v) is 14.4. The summed E-state index contributed by atoms with van der Waals surface area (Å²) < 4.78 is 28.7. The molecule has 1 aromatic rings. The molecular weight excluding hydrogens is 302 g/mol. The van der Waals surface area contributed by atoms with Crippen molar-refractivity contribution < 1.29 is 17.9 Å². The minimum atomic E-state index is -3.02. The number of benzene rings is 1. The molecule has 1 aliphatic rings. The van der Waals surface area contributed by atoms with Crippen LogP contribution in [-0.4, -0.2) is 50.4 Å². The zero-order chi connectivity index (χ0) is 16.5. The highest BCUT2D eigenvalue weighted by atomic mass is 32.2. The van der Waals surface area contributed by atoms with E-state index in [-0.39, 0.29) is 23.5 Å². The number of carbonyl (C=O) groups excluding carboxylic acids is 1. The highest BCUT2D eigenvalue weighted by Gasteiger charge is 2.35. The topological polar surface area (TPSA) is 63.7 Å². The lowest BCUT2D eigenvalue weighted by Gasteiger charge is -2.28. The lowest BCUT2D eigenvalue weighted by Crippen LogP contribution is -2.41. The molecule has 1 aromatic carbocycles. The third-order valence-electron chi connectivity index (χ3n) is 4.13. The second-order valence-corrected chi connectivity index (χ2v) is 8.04. The lowest BCUT2D eigenvalue weighted by atomic mass is 10.0. The first-order valence-electron chi connectivity index (χ1n) is 7.45. The maximum absolute atomic E-state index is 12.9. The third kappa shape index (κ3) is 3.27. The van der Waals surface area contributed by atoms with Crippen LogP contribution in [0.4, 0.5) is 0 Å². The van der Waals surface area contributed by atoms with Crippen molar-refractivity contribution in [3.05, 3.63) is 28.8 Å². The summed E-state index contributed by atoms with van der Waals surface area (Å²) in [5.74, 6) is 0.603. The number of aryl methyl sites for hydroxylation is 2. The van der Waals surface area contributed by atoms with Crippen molar-refractivity contribution >= 4 is 15.7 Å². The number of rotatable bonds is 4. The van der Waals surface area contributed by atoms with E-state index in [9.17, 15) is 13.2 Å². The predicted molar refractivity (Wildman–Crippen MR) is 86.2 cm³/mol. The van der Waals surface area contributed by atoms with Gasteiger partial charge in [0, 0.05) is 12.6 Å². The minimum Gasteiger partial charge on any atom is -0.496 e. The molecule has 1 heterocycles. The molecule has 0 aromatic heterocycles. The Bertz CT molecular complexity index is 682. The first kappa shape index (κ1) is 16.8. The van der Waals surface area contributed by atoms with Crippen molar-refractivity contribution in [3.63, 3.8) is 0 Å². The van der Waals surface area contributed by atoms with Crippen molar-refractivity contribution in [1.29, 1.82) is 0 Å². The van der Waals surface area contributed by atoms with E-state index < -0.39 is 9.84 Å². The number of methoxy groups -OCH3 is 1. The Kier molecular flexibility index (Phi) is 4.80. The van der Waals surface area contributed by atoms with E-state index in [1.54, 1.807) is 12.0 Å². The molecule has 5 nitrogen and oxygen atoms in total. The first-order chi connectivity index (χ1) is 10.3. The number of hydrogen-bond donors (Lipinski definition) is 0. The summed E-state index contributed by atoms with van der Waals surface area (Å²) in [6.07, 6.45) is 0.509. The van der Waals surface area contributed by atoms with Gasteiger partial charge in [-0.2, -0.15) is 0 Å². The van der Waals surface area contributed by atoms with Crippen LogP contribution < -0.4 is 4.74 Å². The molecule has 1 amide bonds. The van der Waals surface area contributed by atoms with E-state index >= 15 is 0 Å². The van der Waals surface area contributed by atoms with Crippen LogP contribution in [0.3, 0.4) is 0 Å². The fourth-order valence-corrected chi connectivity index (χ4v) is 4.83. The van der Waals surface area contributed by atoms with E-state index in [4.69, 9.17) is 4.74 Å². The highest BCUT2D eigenvalue weighted by Crippen LogP contribution is 2.28. The summed E-state index contributed by atoms with van der Waals surface area (Å²) in [6.45, 7) is 6.18. The maximum atomic E-state index is 12.9. The Morgan fingerprint density at radius 2 is 2.05 bits per heavy atom. The lowest BCUT2D eigenvalue weighted by molar-refractivity contribution is 0.0704. The van der Waals surface area contributed by atoms with Crippen molar-refractivity contribution in [2.45, 2.75) is 33.2 Å². The van der Waals surface area contributed by atoms with Gasteiger partial charge in [-0.05, 0) is 44.4 Å². The quantitative estimate of drug-likeness (QED) is 0.849. The van der Waals surface area contributed by atoms with Crippen molar-refractivity contribution in [2.75, 3.05) is 25.2 Å². The number of sulfone groups is 1. The second-order valence-electron chi connectivity index (χ2n) is 5.81. The zero-order valence-electron chi connectivity index (χ0n) is 13.5. The molecule has 1 unspecified atom stereocenters. The van der Waals surface area contributed by atoms with Crippen LogP contribution in [0.25, 0.3) is 0 Å². The molecule has 0 spiro atoms. The average Bonchev–Trinajstić information content (AvgIpc) is 2.78. The predicted octanol–water partition coefficient (Wildman–Crippen LogP) is 1.96. The third-order valence-corrected chi connectivity index (χ3v) is 5.88. The monoisotopic (exact) mass is 325 g/mol. The molecule has 1 fully saturated rings. The Labute approximate surface area is 132 Å². The number of carbonyl (C=O) groups is 1. The second kappa shape index (κ2) is 6.28. The molecule has 1 saturated heterocycles. The minimum absolute atomic E-state index is 0.0554. The van der Waals surface area contributed by atoms with E-state index in [1.807, 2.05) is 32.9 Å². The maximum Gasteiger partial charge on any atom is 0.258 e. The van der Waals surface area contributed by atoms with Crippen molar-refractivity contribution in [2.24, 2.45) is 0 Å². The Morgan fingerprint density at radius 3 is 2.55 bits per heavy atom. The van der Waals surface area contributed by atoms with E-state index in [0.717, 1.165) is 11.1 Å². The van der Waals surface area contributed by atoms with Crippen LogP contribution in [0.5, 0.6) is 5.75 Å². The standard InChI is InChI=1S/C16H23NO4S/c1-5-17(13-6-7-22(19,20)10-13)16(18)15-12(3)8-11(2)9-14(15)21-4/h8-9,13H,5-7,10H2,1-4H3. The van der Waals surface area contributed by atoms with Gasteiger partial charge in [-0.3, -0.25) is 4.79 Å². The fraction of sp³-hybridized carbons (Fsp3) is 0.562. The average molecular weight is 325 g/mol. The van der Waals surface area contributed by atoms with Crippen LogP contribution in [0.2, 0.25) is 0 Å². The summed E-state index contributed by atoms with van der Waals surface area (Å²) in [6, 6.07) is 3.53. The molecule has 122 valence electrons. The van der Waals surface area contributed by atoms with Crippen LogP contribution in [0.15, 0.2) is 12.1 Å². The van der Waals surface area contributed by atoms with E-state index in [0.29, 0.717) is 24.3 Å². The van der Waals surface area contributed by atoms with Gasteiger partial charge in [0.05, 0.1) is 24.2 Å². The summed E-state index contributed by atoms with van der Waals surface area (Å²) >= 11 is 0. The molecular formula is C16H23NO4S. The van der Waals surface area contributed by atoms with Crippen LogP contribution in [-0.2, 0) is 9.84 Å². The molecule has 1 aliphatic heterocycles. The van der Waals surface area contributed by atoms with Gasteiger partial charge in [0.15, 0.2) is 9.84 Å². The molecule has 6 heteroatoms. The van der Waals surface area contributed by atoms with Gasteiger partial charge in [-0.15, -0.1) is 0 Å². The van der Waals surface area contributed by atoms with E-state index in [1.165, 1.54) is 0 Å². The fourth-order valence-electron chi connectivity index (χ4n) is 3.10. The molecule has 2 rings (SSSR count). The smallest absolute Gasteiger partial charge is 0.258 e. The summed E-state index contributed by atoms with van der Waals surface area (Å²) in [7, 11) is -1.48. The van der Waals surface area contributed by atoms with Crippen LogP contribution >= 0.6 is 0 Å². The molecule has 0 radical (unpaired) electrons. The Hall–Kier alpha value is -1.56. The first-order valence-corrected chi connectivity index (χ1v) is 9.27. The summed E-state index contributed by atoms with van der Waals surface area (Å²) in [5.41, 5.74) is 2.40. The molecule has 1 atom stereocenters. The summed E-state index contributed by atoms with van der Waals surface area (Å²) in [4.78, 5) is 14.6. The largest absolute Gasteiger partial charge is 0.496 e. The van der Waals surface area contributed by atoms with Crippen molar-refractivity contribution in [1.82, 2.24) is 4.90 Å². The van der Waals surface area contributed by atoms with Crippen LogP contribution in [0.1, 0.15) is 34.8 Å². The van der Waals surface area contributed by atoms with Gasteiger partial charge in [0.1, 0.15) is 5.75 Å². The molecule has 0 aliphatic carbocycles. The van der Waals surface area contributed by atoms with Crippen LogP contribution in [0, 0.1) is 13.8 Å². The number of ether oxygens (including phenoxy) is 1. The highest BCUT2D eigenvalue weighted by molar-refractivity contribution is 7.91. The molecule has 22 heavy (non-hydrogen) atoms.